The standard InChI is InChI=1S/C16H21NO2/c1-16(2)7-6-14-12(9-16)11-8-10(15(18)19-3)4-5-13(11)17-14/h4-5,8,13-14,17H,6-7,9H2,1-3H3. The average Bonchev–Trinajstić information content (AvgIpc) is 2.73. The third-order valence-corrected chi connectivity index (χ3v) is 4.49. The fourth-order valence-electron chi connectivity index (χ4n) is 3.43. The summed E-state index contributed by atoms with van der Waals surface area (Å²) in [5.74, 6) is -0.249. The van der Waals surface area contributed by atoms with Crippen LogP contribution in [-0.4, -0.2) is 25.2 Å². The second kappa shape index (κ2) is 4.34. The zero-order valence-corrected chi connectivity index (χ0v) is 11.8. The van der Waals surface area contributed by atoms with Crippen LogP contribution in [0.1, 0.15) is 33.1 Å². The molecular weight excluding hydrogens is 238 g/mol. The number of carbonyl (C=O) groups excluding carboxylic acids is 1. The molecule has 0 aromatic heterocycles. The van der Waals surface area contributed by atoms with Gasteiger partial charge in [0.2, 0.25) is 0 Å². The van der Waals surface area contributed by atoms with E-state index < -0.39 is 0 Å². The Labute approximate surface area is 114 Å². The van der Waals surface area contributed by atoms with Crippen LogP contribution in [0.15, 0.2) is 34.9 Å². The molecule has 2 unspecified atom stereocenters. The van der Waals surface area contributed by atoms with Gasteiger partial charge >= 0.3 is 5.97 Å². The highest BCUT2D eigenvalue weighted by molar-refractivity contribution is 5.93. The smallest absolute Gasteiger partial charge is 0.337 e. The number of ether oxygens (including phenoxy) is 1. The van der Waals surface area contributed by atoms with Gasteiger partial charge in [-0.3, -0.25) is 0 Å². The van der Waals surface area contributed by atoms with E-state index in [1.807, 2.05) is 12.2 Å². The Bertz CT molecular complexity index is 511. The van der Waals surface area contributed by atoms with Crippen LogP contribution >= 0.6 is 0 Å². The van der Waals surface area contributed by atoms with E-state index in [1.165, 1.54) is 31.1 Å². The van der Waals surface area contributed by atoms with Crippen LogP contribution in [-0.2, 0) is 9.53 Å². The Morgan fingerprint density at radius 3 is 3.00 bits per heavy atom. The molecule has 102 valence electrons. The summed E-state index contributed by atoms with van der Waals surface area (Å²) in [6.45, 7) is 4.65. The van der Waals surface area contributed by atoms with Gasteiger partial charge < -0.3 is 10.1 Å². The minimum absolute atomic E-state index is 0.249. The summed E-state index contributed by atoms with van der Waals surface area (Å²) in [7, 11) is 1.43. The lowest BCUT2D eigenvalue weighted by Crippen LogP contribution is -2.36. The van der Waals surface area contributed by atoms with Crippen LogP contribution in [0.5, 0.6) is 0 Å². The number of nitrogens with one attached hydrogen (secondary N) is 1. The average molecular weight is 259 g/mol. The fraction of sp³-hybridized carbons (Fsp3) is 0.562. The van der Waals surface area contributed by atoms with Crippen LogP contribution < -0.4 is 5.32 Å². The predicted octanol–water partition coefficient (Wildman–Crippen LogP) is 2.50. The molecule has 2 aliphatic carbocycles. The van der Waals surface area contributed by atoms with Crippen LogP contribution in [0.2, 0.25) is 0 Å². The molecule has 2 atom stereocenters. The van der Waals surface area contributed by atoms with Crippen molar-refractivity contribution in [3.63, 3.8) is 0 Å². The van der Waals surface area contributed by atoms with E-state index in [2.05, 4.69) is 25.2 Å². The number of methoxy groups -OCH3 is 1. The largest absolute Gasteiger partial charge is 0.465 e. The molecule has 0 radical (unpaired) electrons. The highest BCUT2D eigenvalue weighted by atomic mass is 16.5. The van der Waals surface area contributed by atoms with Gasteiger partial charge in [-0.05, 0) is 48.0 Å². The monoisotopic (exact) mass is 259 g/mol. The third kappa shape index (κ3) is 2.16. The zero-order chi connectivity index (χ0) is 13.6. The molecule has 0 bridgehead atoms. The Balaban J connectivity index is 1.97. The van der Waals surface area contributed by atoms with Gasteiger partial charge in [0.15, 0.2) is 0 Å². The van der Waals surface area contributed by atoms with Crippen molar-refractivity contribution in [2.24, 2.45) is 5.41 Å². The summed E-state index contributed by atoms with van der Waals surface area (Å²) in [5.41, 5.74) is 3.82. The first-order valence-electron chi connectivity index (χ1n) is 6.97. The topological polar surface area (TPSA) is 38.3 Å². The van der Waals surface area contributed by atoms with Crippen molar-refractivity contribution in [3.8, 4) is 0 Å². The molecular formula is C16H21NO2. The second-order valence-electron chi connectivity index (χ2n) is 6.51. The lowest BCUT2D eigenvalue weighted by atomic mass is 9.72. The highest BCUT2D eigenvalue weighted by Gasteiger charge is 2.39. The molecule has 3 heteroatoms. The van der Waals surface area contributed by atoms with Crippen molar-refractivity contribution in [2.45, 2.75) is 45.2 Å². The van der Waals surface area contributed by atoms with E-state index in [0.29, 0.717) is 17.0 Å². The van der Waals surface area contributed by atoms with Crippen molar-refractivity contribution in [2.75, 3.05) is 7.11 Å². The van der Waals surface area contributed by atoms with Crippen molar-refractivity contribution in [1.82, 2.24) is 5.32 Å². The molecule has 0 amide bonds. The molecule has 1 saturated carbocycles. The Morgan fingerprint density at radius 2 is 2.26 bits per heavy atom. The van der Waals surface area contributed by atoms with E-state index in [9.17, 15) is 4.79 Å². The van der Waals surface area contributed by atoms with Gasteiger partial charge in [0.1, 0.15) is 0 Å². The Morgan fingerprint density at radius 1 is 1.47 bits per heavy atom. The molecule has 1 N–H and O–H groups in total. The maximum Gasteiger partial charge on any atom is 0.337 e. The first-order valence-corrected chi connectivity index (χ1v) is 6.97. The van der Waals surface area contributed by atoms with Gasteiger partial charge in [-0.15, -0.1) is 0 Å². The summed E-state index contributed by atoms with van der Waals surface area (Å²) in [6.07, 6.45) is 9.54. The minimum atomic E-state index is -0.249. The van der Waals surface area contributed by atoms with Gasteiger partial charge in [0.25, 0.3) is 0 Å². The first-order chi connectivity index (χ1) is 9.00. The van der Waals surface area contributed by atoms with E-state index in [1.54, 1.807) is 0 Å². The molecule has 0 aromatic rings. The van der Waals surface area contributed by atoms with Crippen LogP contribution in [0.3, 0.4) is 0 Å². The highest BCUT2D eigenvalue weighted by Crippen LogP contribution is 2.44. The predicted molar refractivity (Wildman–Crippen MR) is 74.6 cm³/mol. The number of esters is 1. The maximum atomic E-state index is 11.7. The quantitative estimate of drug-likeness (QED) is 0.735. The summed E-state index contributed by atoms with van der Waals surface area (Å²) in [5, 5.41) is 3.65. The Kier molecular flexibility index (Phi) is 2.90. The van der Waals surface area contributed by atoms with Crippen molar-refractivity contribution in [3.05, 3.63) is 34.9 Å². The molecule has 19 heavy (non-hydrogen) atoms. The summed E-state index contributed by atoms with van der Waals surface area (Å²) >= 11 is 0. The van der Waals surface area contributed by atoms with Crippen LogP contribution in [0.25, 0.3) is 0 Å². The van der Waals surface area contributed by atoms with E-state index in [0.717, 1.165) is 6.42 Å². The van der Waals surface area contributed by atoms with Gasteiger partial charge in [0.05, 0.1) is 18.7 Å². The molecule has 0 aromatic carbocycles. The van der Waals surface area contributed by atoms with Gasteiger partial charge in [-0.2, -0.15) is 0 Å². The van der Waals surface area contributed by atoms with Crippen molar-refractivity contribution < 1.29 is 9.53 Å². The molecule has 0 spiro atoms. The molecule has 0 saturated heterocycles. The summed E-state index contributed by atoms with van der Waals surface area (Å²) < 4.78 is 4.81. The second-order valence-corrected chi connectivity index (χ2v) is 6.51. The number of rotatable bonds is 1. The number of hydrogen-bond acceptors (Lipinski definition) is 3. The molecule has 3 aliphatic rings. The van der Waals surface area contributed by atoms with Gasteiger partial charge in [-0.25, -0.2) is 4.79 Å². The zero-order valence-electron chi connectivity index (χ0n) is 11.8. The van der Waals surface area contributed by atoms with Crippen molar-refractivity contribution in [1.29, 1.82) is 0 Å². The first kappa shape index (κ1) is 12.7. The molecule has 1 aliphatic heterocycles. The number of hydrogen-bond donors (Lipinski definition) is 1. The van der Waals surface area contributed by atoms with Gasteiger partial charge in [-0.1, -0.05) is 19.9 Å². The minimum Gasteiger partial charge on any atom is -0.465 e. The van der Waals surface area contributed by atoms with E-state index >= 15 is 0 Å². The maximum absolute atomic E-state index is 11.7. The Hall–Kier alpha value is -1.35. The summed E-state index contributed by atoms with van der Waals surface area (Å²) in [6, 6.07) is 0.772. The van der Waals surface area contributed by atoms with E-state index in [-0.39, 0.29) is 12.0 Å². The van der Waals surface area contributed by atoms with Crippen LogP contribution in [0, 0.1) is 5.41 Å². The molecule has 1 heterocycles. The number of fused-ring (bicyclic) bond motifs is 2. The third-order valence-electron chi connectivity index (χ3n) is 4.49. The molecule has 3 nitrogen and oxygen atoms in total. The van der Waals surface area contributed by atoms with Gasteiger partial charge in [0, 0.05) is 6.04 Å². The lowest BCUT2D eigenvalue weighted by Gasteiger charge is -2.34. The normalized spacial score (nSPS) is 31.6. The lowest BCUT2D eigenvalue weighted by molar-refractivity contribution is -0.135. The SMILES string of the molecule is COC(=O)C1=CC2=C3CC(C)(C)CCC3NC2C=C1. The number of carbonyl (C=O) groups is 1. The summed E-state index contributed by atoms with van der Waals surface area (Å²) in [4.78, 5) is 11.7. The molecule has 3 rings (SSSR count). The van der Waals surface area contributed by atoms with Crippen LogP contribution in [0.4, 0.5) is 0 Å². The molecule has 1 fully saturated rings. The van der Waals surface area contributed by atoms with Crippen molar-refractivity contribution >= 4 is 5.97 Å². The fourth-order valence-corrected chi connectivity index (χ4v) is 3.43. The van der Waals surface area contributed by atoms with E-state index in [4.69, 9.17) is 4.74 Å².